The lowest BCUT2D eigenvalue weighted by Gasteiger charge is -2.24. The van der Waals surface area contributed by atoms with E-state index in [1.165, 1.54) is 29.5 Å². The standard InChI is InChI=1S/C24H25N3O/c1-3-19(15-18-5-10-22(11-6-18)27-14-2-13-26-27)16-23(4-1)28-24-12-9-21(17-25-24)20-7-8-20/h1-4,9,12-17,20,22H,5-8,10-11H2. The maximum absolute atomic E-state index is 5.98. The summed E-state index contributed by atoms with van der Waals surface area (Å²) >= 11 is 0. The number of rotatable bonds is 5. The Morgan fingerprint density at radius 1 is 1.00 bits per heavy atom. The van der Waals surface area contributed by atoms with Gasteiger partial charge in [-0.2, -0.15) is 5.10 Å². The van der Waals surface area contributed by atoms with Crippen LogP contribution in [0.1, 0.15) is 61.6 Å². The fraction of sp³-hybridized carbons (Fsp3) is 0.333. The van der Waals surface area contributed by atoms with E-state index in [0.29, 0.717) is 11.9 Å². The first-order valence-electron chi connectivity index (χ1n) is 10.3. The molecule has 2 aliphatic carbocycles. The number of pyridine rings is 1. The average Bonchev–Trinajstić information content (AvgIpc) is 3.43. The summed E-state index contributed by atoms with van der Waals surface area (Å²) in [6.07, 6.45) is 15.4. The third-order valence-electron chi connectivity index (χ3n) is 5.76. The molecule has 0 spiro atoms. The molecule has 4 heteroatoms. The fourth-order valence-corrected chi connectivity index (χ4v) is 4.01. The van der Waals surface area contributed by atoms with Crippen LogP contribution in [0, 0.1) is 0 Å². The summed E-state index contributed by atoms with van der Waals surface area (Å²) in [5.74, 6) is 2.22. The van der Waals surface area contributed by atoms with Crippen LogP contribution < -0.4 is 4.74 Å². The zero-order valence-electron chi connectivity index (χ0n) is 16.0. The number of benzene rings is 1. The number of allylic oxidation sites excluding steroid dienone is 1. The number of nitrogens with zero attached hydrogens (tertiary/aromatic N) is 3. The minimum atomic E-state index is 0.534. The molecule has 0 radical (unpaired) electrons. The molecule has 0 bridgehead atoms. The molecule has 2 aliphatic rings. The number of ether oxygens (including phenoxy) is 1. The van der Waals surface area contributed by atoms with Gasteiger partial charge >= 0.3 is 0 Å². The van der Waals surface area contributed by atoms with E-state index >= 15 is 0 Å². The summed E-state index contributed by atoms with van der Waals surface area (Å²) in [7, 11) is 0. The summed E-state index contributed by atoms with van der Waals surface area (Å²) in [6.45, 7) is 0. The molecule has 0 N–H and O–H groups in total. The van der Waals surface area contributed by atoms with Crippen LogP contribution >= 0.6 is 0 Å². The van der Waals surface area contributed by atoms with Crippen molar-refractivity contribution in [3.05, 3.63) is 77.8 Å². The lowest BCUT2D eigenvalue weighted by atomic mass is 9.90. The molecule has 0 saturated heterocycles. The van der Waals surface area contributed by atoms with E-state index in [9.17, 15) is 0 Å². The second-order valence-corrected chi connectivity index (χ2v) is 7.90. The topological polar surface area (TPSA) is 39.9 Å². The van der Waals surface area contributed by atoms with Crippen LogP contribution in [0.15, 0.2) is 66.6 Å². The largest absolute Gasteiger partial charge is 0.439 e. The van der Waals surface area contributed by atoms with Gasteiger partial charge in [-0.3, -0.25) is 4.68 Å². The Kier molecular flexibility index (Phi) is 4.69. The third-order valence-corrected chi connectivity index (χ3v) is 5.76. The number of hydrogen-bond acceptors (Lipinski definition) is 3. The van der Waals surface area contributed by atoms with E-state index in [1.807, 2.05) is 30.6 Å². The van der Waals surface area contributed by atoms with Gasteiger partial charge < -0.3 is 4.74 Å². The van der Waals surface area contributed by atoms with E-state index < -0.39 is 0 Å². The van der Waals surface area contributed by atoms with Gasteiger partial charge in [0.2, 0.25) is 5.88 Å². The second kappa shape index (κ2) is 7.63. The second-order valence-electron chi connectivity index (χ2n) is 7.90. The van der Waals surface area contributed by atoms with Crippen LogP contribution in [0.3, 0.4) is 0 Å². The quantitative estimate of drug-likeness (QED) is 0.540. The Morgan fingerprint density at radius 2 is 1.89 bits per heavy atom. The molecule has 2 saturated carbocycles. The first-order valence-corrected chi connectivity index (χ1v) is 10.3. The normalized spacial score (nSPS) is 19.4. The highest BCUT2D eigenvalue weighted by Crippen LogP contribution is 2.40. The Hall–Kier alpha value is -2.88. The van der Waals surface area contributed by atoms with Crippen molar-refractivity contribution in [3.8, 4) is 11.6 Å². The van der Waals surface area contributed by atoms with Crippen LogP contribution in [-0.4, -0.2) is 14.8 Å². The van der Waals surface area contributed by atoms with Crippen molar-refractivity contribution in [2.75, 3.05) is 0 Å². The van der Waals surface area contributed by atoms with Gasteiger partial charge in [0.05, 0.1) is 6.04 Å². The van der Waals surface area contributed by atoms with Crippen LogP contribution in [-0.2, 0) is 0 Å². The van der Waals surface area contributed by atoms with Crippen LogP contribution in [0.5, 0.6) is 11.6 Å². The van der Waals surface area contributed by atoms with Gasteiger partial charge in [0.1, 0.15) is 5.75 Å². The molecular weight excluding hydrogens is 346 g/mol. The predicted octanol–water partition coefficient (Wildman–Crippen LogP) is 6.15. The molecule has 4 nitrogen and oxygen atoms in total. The molecule has 142 valence electrons. The van der Waals surface area contributed by atoms with Gasteiger partial charge in [-0.15, -0.1) is 0 Å². The summed E-state index contributed by atoms with van der Waals surface area (Å²) < 4.78 is 8.08. The van der Waals surface area contributed by atoms with Gasteiger partial charge in [-0.05, 0) is 73.8 Å². The average molecular weight is 371 g/mol. The summed E-state index contributed by atoms with van der Waals surface area (Å²) in [5, 5.41) is 4.39. The van der Waals surface area contributed by atoms with E-state index in [-0.39, 0.29) is 0 Å². The summed E-state index contributed by atoms with van der Waals surface area (Å²) in [5.41, 5.74) is 4.03. The smallest absolute Gasteiger partial charge is 0.219 e. The van der Waals surface area contributed by atoms with Gasteiger partial charge in [-0.1, -0.05) is 29.8 Å². The highest BCUT2D eigenvalue weighted by molar-refractivity contribution is 5.55. The molecule has 5 rings (SSSR count). The molecule has 2 fully saturated rings. The minimum Gasteiger partial charge on any atom is -0.439 e. The molecule has 2 aromatic heterocycles. The lowest BCUT2D eigenvalue weighted by Crippen LogP contribution is -2.14. The maximum Gasteiger partial charge on any atom is 0.219 e. The van der Waals surface area contributed by atoms with Crippen molar-refractivity contribution >= 4 is 6.08 Å². The van der Waals surface area contributed by atoms with Gasteiger partial charge in [0.25, 0.3) is 0 Å². The molecule has 3 aromatic rings. The Balaban J connectivity index is 1.23. The van der Waals surface area contributed by atoms with Crippen molar-refractivity contribution < 1.29 is 4.74 Å². The summed E-state index contributed by atoms with van der Waals surface area (Å²) in [4.78, 5) is 4.47. The molecule has 0 unspecified atom stereocenters. The molecular formula is C24H25N3O. The van der Waals surface area contributed by atoms with E-state index in [1.54, 1.807) is 0 Å². The fourth-order valence-electron chi connectivity index (χ4n) is 4.01. The Bertz CT molecular complexity index is 946. The van der Waals surface area contributed by atoms with Gasteiger partial charge in [-0.25, -0.2) is 4.98 Å². The lowest BCUT2D eigenvalue weighted by molar-refractivity contribution is 0.369. The molecule has 1 aromatic carbocycles. The van der Waals surface area contributed by atoms with Crippen molar-refractivity contribution in [3.63, 3.8) is 0 Å². The number of hydrogen-bond donors (Lipinski definition) is 0. The molecule has 0 amide bonds. The van der Waals surface area contributed by atoms with Crippen molar-refractivity contribution in [2.24, 2.45) is 0 Å². The van der Waals surface area contributed by atoms with Gasteiger partial charge in [0, 0.05) is 24.7 Å². The Morgan fingerprint density at radius 3 is 2.61 bits per heavy atom. The van der Waals surface area contributed by atoms with Crippen molar-refractivity contribution in [2.45, 2.75) is 50.5 Å². The molecule has 28 heavy (non-hydrogen) atoms. The third kappa shape index (κ3) is 4.01. The highest BCUT2D eigenvalue weighted by Gasteiger charge is 2.23. The number of aromatic nitrogens is 3. The van der Waals surface area contributed by atoms with E-state index in [2.05, 4.69) is 51.3 Å². The molecule has 2 heterocycles. The first-order chi connectivity index (χ1) is 13.8. The van der Waals surface area contributed by atoms with Crippen LogP contribution in [0.4, 0.5) is 0 Å². The first kappa shape index (κ1) is 17.2. The minimum absolute atomic E-state index is 0.534. The zero-order valence-corrected chi connectivity index (χ0v) is 16.0. The zero-order chi connectivity index (χ0) is 18.8. The van der Waals surface area contributed by atoms with Crippen LogP contribution in [0.25, 0.3) is 6.08 Å². The van der Waals surface area contributed by atoms with E-state index in [0.717, 1.165) is 37.4 Å². The molecule has 0 aliphatic heterocycles. The predicted molar refractivity (Wildman–Crippen MR) is 110 cm³/mol. The summed E-state index contributed by atoms with van der Waals surface area (Å²) in [6, 6.07) is 14.9. The van der Waals surface area contributed by atoms with Gasteiger partial charge in [0.15, 0.2) is 0 Å². The van der Waals surface area contributed by atoms with E-state index in [4.69, 9.17) is 4.74 Å². The monoisotopic (exact) mass is 371 g/mol. The highest BCUT2D eigenvalue weighted by atomic mass is 16.5. The SMILES string of the molecule is C(=C1CCC(n2cccn2)CC1)c1cccc(Oc2ccc(C3CC3)cn2)c1. The van der Waals surface area contributed by atoms with Crippen molar-refractivity contribution in [1.29, 1.82) is 0 Å². The van der Waals surface area contributed by atoms with Crippen molar-refractivity contribution in [1.82, 2.24) is 14.8 Å². The van der Waals surface area contributed by atoms with Crippen LogP contribution in [0.2, 0.25) is 0 Å². The Labute approximate surface area is 165 Å². The maximum atomic E-state index is 5.98. The molecule has 0 atom stereocenters.